The van der Waals surface area contributed by atoms with Crippen molar-refractivity contribution in [1.29, 1.82) is 0 Å². The monoisotopic (exact) mass is 298 g/mol. The van der Waals surface area contributed by atoms with Gasteiger partial charge in [-0.3, -0.25) is 0 Å². The second kappa shape index (κ2) is 5.00. The number of piperidine rings is 1. The maximum Gasteiger partial charge on any atom is 0.246 e. The van der Waals surface area contributed by atoms with Gasteiger partial charge in [-0.05, 0) is 49.8 Å². The Morgan fingerprint density at radius 1 is 1.20 bits per heavy atom. The van der Waals surface area contributed by atoms with Gasteiger partial charge in [-0.1, -0.05) is 6.42 Å². The second-order valence-electron chi connectivity index (χ2n) is 5.71. The molecule has 0 radical (unpaired) electrons. The molecule has 20 heavy (non-hydrogen) atoms. The van der Waals surface area contributed by atoms with E-state index in [1.807, 2.05) is 0 Å². The van der Waals surface area contributed by atoms with Gasteiger partial charge in [-0.2, -0.15) is 4.31 Å². The molecule has 4 nitrogen and oxygen atoms in total. The molecule has 1 heterocycles. The van der Waals surface area contributed by atoms with Crippen LogP contribution < -0.4 is 5.73 Å². The number of nitrogen functional groups attached to an aromatic ring is 1. The van der Waals surface area contributed by atoms with Crippen LogP contribution in [0.3, 0.4) is 0 Å². The smallest absolute Gasteiger partial charge is 0.246 e. The van der Waals surface area contributed by atoms with E-state index in [-0.39, 0.29) is 16.6 Å². The van der Waals surface area contributed by atoms with Crippen molar-refractivity contribution in [2.24, 2.45) is 5.92 Å². The minimum atomic E-state index is -3.76. The molecular formula is C14H19FN2O2S. The van der Waals surface area contributed by atoms with E-state index in [1.54, 1.807) is 0 Å². The summed E-state index contributed by atoms with van der Waals surface area (Å²) in [5, 5.41) is 0. The molecule has 1 aromatic rings. The highest BCUT2D eigenvalue weighted by molar-refractivity contribution is 7.89. The molecule has 1 saturated heterocycles. The van der Waals surface area contributed by atoms with Gasteiger partial charge in [-0.15, -0.1) is 0 Å². The van der Waals surface area contributed by atoms with Crippen molar-refractivity contribution >= 4 is 15.7 Å². The SMILES string of the molecule is Nc1ccc(S(=O)(=O)N2CCCC3CCCC32)c(F)c1. The van der Waals surface area contributed by atoms with E-state index in [2.05, 4.69) is 0 Å². The minimum Gasteiger partial charge on any atom is -0.399 e. The van der Waals surface area contributed by atoms with Gasteiger partial charge in [0, 0.05) is 18.3 Å². The molecule has 1 aliphatic heterocycles. The highest BCUT2D eigenvalue weighted by atomic mass is 32.2. The van der Waals surface area contributed by atoms with Gasteiger partial charge in [-0.25, -0.2) is 12.8 Å². The first-order valence-electron chi connectivity index (χ1n) is 7.07. The highest BCUT2D eigenvalue weighted by Crippen LogP contribution is 2.39. The van der Waals surface area contributed by atoms with Crippen LogP contribution in [0.15, 0.2) is 23.1 Å². The van der Waals surface area contributed by atoms with Crippen LogP contribution in [-0.2, 0) is 10.0 Å². The van der Waals surface area contributed by atoms with E-state index in [9.17, 15) is 12.8 Å². The summed E-state index contributed by atoms with van der Waals surface area (Å²) in [5.74, 6) is -0.319. The largest absolute Gasteiger partial charge is 0.399 e. The molecule has 1 saturated carbocycles. The van der Waals surface area contributed by atoms with Crippen LogP contribution in [0.25, 0.3) is 0 Å². The number of benzene rings is 1. The van der Waals surface area contributed by atoms with Crippen molar-refractivity contribution in [1.82, 2.24) is 4.31 Å². The predicted molar refractivity (Wildman–Crippen MR) is 75.1 cm³/mol. The summed E-state index contributed by atoms with van der Waals surface area (Å²) < 4.78 is 40.9. The first-order valence-corrected chi connectivity index (χ1v) is 8.51. The van der Waals surface area contributed by atoms with Crippen molar-refractivity contribution in [3.05, 3.63) is 24.0 Å². The van der Waals surface area contributed by atoms with E-state index < -0.39 is 15.8 Å². The zero-order valence-corrected chi connectivity index (χ0v) is 12.1. The molecule has 1 aliphatic carbocycles. The van der Waals surface area contributed by atoms with E-state index in [0.717, 1.165) is 38.2 Å². The maximum absolute atomic E-state index is 14.0. The molecule has 0 bridgehead atoms. The lowest BCUT2D eigenvalue weighted by Crippen LogP contribution is -2.46. The molecule has 2 atom stereocenters. The number of anilines is 1. The van der Waals surface area contributed by atoms with Crippen LogP contribution in [-0.4, -0.2) is 25.3 Å². The number of hydrogen-bond acceptors (Lipinski definition) is 3. The van der Waals surface area contributed by atoms with Crippen LogP contribution in [0.4, 0.5) is 10.1 Å². The number of nitrogens with zero attached hydrogens (tertiary/aromatic N) is 1. The summed E-state index contributed by atoms with van der Waals surface area (Å²) in [6.07, 6.45) is 4.98. The summed E-state index contributed by atoms with van der Waals surface area (Å²) in [5.41, 5.74) is 5.72. The average molecular weight is 298 g/mol. The number of fused-ring (bicyclic) bond motifs is 1. The van der Waals surface area contributed by atoms with Crippen molar-refractivity contribution in [2.45, 2.75) is 43.0 Å². The summed E-state index contributed by atoms with van der Waals surface area (Å²) in [6.45, 7) is 0.493. The second-order valence-corrected chi connectivity index (χ2v) is 7.57. The third kappa shape index (κ3) is 2.20. The first-order chi connectivity index (χ1) is 9.50. The zero-order valence-electron chi connectivity index (χ0n) is 11.3. The maximum atomic E-state index is 14.0. The lowest BCUT2D eigenvalue weighted by molar-refractivity contribution is 0.201. The Morgan fingerprint density at radius 2 is 1.95 bits per heavy atom. The molecule has 2 unspecified atom stereocenters. The van der Waals surface area contributed by atoms with E-state index in [4.69, 9.17) is 5.73 Å². The number of rotatable bonds is 2. The lowest BCUT2D eigenvalue weighted by Gasteiger charge is -2.36. The van der Waals surface area contributed by atoms with E-state index in [1.165, 1.54) is 16.4 Å². The van der Waals surface area contributed by atoms with Crippen LogP contribution in [0.1, 0.15) is 32.1 Å². The van der Waals surface area contributed by atoms with Gasteiger partial charge in [0.25, 0.3) is 0 Å². The molecule has 2 fully saturated rings. The number of sulfonamides is 1. The fourth-order valence-electron chi connectivity index (χ4n) is 3.56. The van der Waals surface area contributed by atoms with Crippen molar-refractivity contribution in [2.75, 3.05) is 12.3 Å². The topological polar surface area (TPSA) is 63.4 Å². The minimum absolute atomic E-state index is 0.0469. The zero-order chi connectivity index (χ0) is 14.3. The Balaban J connectivity index is 1.98. The van der Waals surface area contributed by atoms with Gasteiger partial charge >= 0.3 is 0 Å². The van der Waals surface area contributed by atoms with Crippen molar-refractivity contribution in [3.8, 4) is 0 Å². The van der Waals surface area contributed by atoms with Crippen LogP contribution >= 0.6 is 0 Å². The molecule has 1 aromatic carbocycles. The number of halogens is 1. The Bertz CT molecular complexity index is 618. The summed E-state index contributed by atoms with van der Waals surface area (Å²) >= 11 is 0. The molecule has 2 aliphatic rings. The van der Waals surface area contributed by atoms with Gasteiger partial charge in [0.05, 0.1) is 0 Å². The molecular weight excluding hydrogens is 279 g/mol. The Labute approximate surface area is 118 Å². The quantitative estimate of drug-likeness (QED) is 0.853. The van der Waals surface area contributed by atoms with Gasteiger partial charge in [0.1, 0.15) is 10.7 Å². The molecule has 0 aromatic heterocycles. The van der Waals surface area contributed by atoms with Crippen molar-refractivity contribution < 1.29 is 12.8 Å². The highest BCUT2D eigenvalue weighted by Gasteiger charge is 2.41. The Morgan fingerprint density at radius 3 is 2.70 bits per heavy atom. The number of hydrogen-bond donors (Lipinski definition) is 1. The molecule has 0 spiro atoms. The number of nitrogens with two attached hydrogens (primary N) is 1. The third-order valence-electron chi connectivity index (χ3n) is 4.48. The van der Waals surface area contributed by atoms with Crippen LogP contribution in [0, 0.1) is 11.7 Å². The fraction of sp³-hybridized carbons (Fsp3) is 0.571. The Hall–Kier alpha value is -1.14. The predicted octanol–water partition coefficient (Wildman–Crippen LogP) is 2.36. The molecule has 0 amide bonds. The molecule has 2 N–H and O–H groups in total. The van der Waals surface area contributed by atoms with E-state index >= 15 is 0 Å². The van der Waals surface area contributed by atoms with E-state index in [0.29, 0.717) is 12.5 Å². The standard InChI is InChI=1S/C14H19FN2O2S/c15-12-9-11(16)6-7-14(12)20(18,19)17-8-2-4-10-3-1-5-13(10)17/h6-7,9-10,13H,1-5,8,16H2. The molecule has 110 valence electrons. The van der Waals surface area contributed by atoms with Crippen molar-refractivity contribution in [3.63, 3.8) is 0 Å². The Kier molecular flexibility index (Phi) is 3.46. The summed E-state index contributed by atoms with van der Waals surface area (Å²) in [7, 11) is -3.76. The summed E-state index contributed by atoms with van der Waals surface area (Å²) in [4.78, 5) is -0.251. The first kappa shape index (κ1) is 13.8. The fourth-order valence-corrected chi connectivity index (χ4v) is 5.36. The molecule has 3 rings (SSSR count). The average Bonchev–Trinajstić information content (AvgIpc) is 2.85. The normalized spacial score (nSPS) is 27.4. The van der Waals surface area contributed by atoms with Gasteiger partial charge in [0.2, 0.25) is 10.0 Å². The lowest BCUT2D eigenvalue weighted by atomic mass is 9.94. The van der Waals surface area contributed by atoms with Gasteiger partial charge in [0.15, 0.2) is 0 Å². The summed E-state index contributed by atoms with van der Waals surface area (Å²) in [6, 6.07) is 3.83. The van der Waals surface area contributed by atoms with Gasteiger partial charge < -0.3 is 5.73 Å². The molecule has 6 heteroatoms. The van der Waals surface area contributed by atoms with Crippen LogP contribution in [0.5, 0.6) is 0 Å². The van der Waals surface area contributed by atoms with Crippen LogP contribution in [0.2, 0.25) is 0 Å². The third-order valence-corrected chi connectivity index (χ3v) is 6.44.